The van der Waals surface area contributed by atoms with E-state index >= 15 is 0 Å². The molecule has 2 saturated heterocycles. The third kappa shape index (κ3) is 3.58. The molecule has 140 valence electrons. The van der Waals surface area contributed by atoms with Gasteiger partial charge < -0.3 is 19.5 Å². The van der Waals surface area contributed by atoms with E-state index in [1.54, 1.807) is 4.68 Å². The zero-order chi connectivity index (χ0) is 17.9. The molecular weight excluding hydrogens is 334 g/mol. The van der Waals surface area contributed by atoms with Crippen molar-refractivity contribution >= 4 is 0 Å². The first-order chi connectivity index (χ1) is 12.7. The third-order valence-electron chi connectivity index (χ3n) is 4.88. The van der Waals surface area contributed by atoms with E-state index in [1.165, 1.54) is 0 Å². The van der Waals surface area contributed by atoms with Gasteiger partial charge in [0.15, 0.2) is 0 Å². The van der Waals surface area contributed by atoms with Crippen LogP contribution in [0.4, 0.5) is 0 Å². The molecule has 26 heavy (non-hydrogen) atoms. The number of tetrazole rings is 1. The summed E-state index contributed by atoms with van der Waals surface area (Å²) in [4.78, 5) is 0. The highest BCUT2D eigenvalue weighted by Gasteiger charge is 2.49. The minimum atomic E-state index is -0.0920. The molecule has 4 atom stereocenters. The Morgan fingerprint density at radius 2 is 2.00 bits per heavy atom. The Kier molecular flexibility index (Phi) is 5.14. The second-order valence-corrected chi connectivity index (χ2v) is 7.23. The highest BCUT2D eigenvalue weighted by Crippen LogP contribution is 2.35. The van der Waals surface area contributed by atoms with E-state index in [0.717, 1.165) is 13.0 Å². The molecule has 4 rings (SSSR count). The van der Waals surface area contributed by atoms with Gasteiger partial charge in [-0.2, -0.15) is 4.68 Å². The van der Waals surface area contributed by atoms with Gasteiger partial charge in [-0.05, 0) is 41.4 Å². The molecule has 0 radical (unpaired) electrons. The normalized spacial score (nSPS) is 27.8. The molecule has 0 amide bonds. The summed E-state index contributed by atoms with van der Waals surface area (Å²) in [5, 5.41) is 15.5. The predicted molar refractivity (Wildman–Crippen MR) is 94.1 cm³/mol. The molecule has 4 unspecified atom stereocenters. The van der Waals surface area contributed by atoms with Gasteiger partial charge in [0.05, 0.1) is 19.3 Å². The second kappa shape index (κ2) is 7.69. The molecular formula is C18H25N5O3. The molecule has 1 aromatic carbocycles. The van der Waals surface area contributed by atoms with Crippen molar-refractivity contribution in [2.75, 3.05) is 19.8 Å². The molecule has 0 saturated carbocycles. The summed E-state index contributed by atoms with van der Waals surface area (Å²) >= 11 is 0. The summed E-state index contributed by atoms with van der Waals surface area (Å²) < 4.78 is 19.6. The highest BCUT2D eigenvalue weighted by molar-refractivity contribution is 5.24. The fourth-order valence-electron chi connectivity index (χ4n) is 3.48. The van der Waals surface area contributed by atoms with Gasteiger partial charge in [-0.3, -0.25) is 0 Å². The lowest BCUT2D eigenvalue weighted by Crippen LogP contribution is -2.41. The van der Waals surface area contributed by atoms with Crippen LogP contribution in [0, 0.1) is 5.92 Å². The molecule has 0 spiro atoms. The van der Waals surface area contributed by atoms with Crippen molar-refractivity contribution in [2.24, 2.45) is 5.92 Å². The first-order valence-electron chi connectivity index (χ1n) is 9.19. The van der Waals surface area contributed by atoms with Crippen LogP contribution in [0.15, 0.2) is 30.3 Å². The molecule has 8 nitrogen and oxygen atoms in total. The molecule has 1 aromatic heterocycles. The number of fused-ring (bicyclic) bond motifs is 1. The maximum Gasteiger partial charge on any atom is 0.341 e. The van der Waals surface area contributed by atoms with Gasteiger partial charge in [-0.15, -0.1) is 0 Å². The highest BCUT2D eigenvalue weighted by atomic mass is 16.6. The summed E-state index contributed by atoms with van der Waals surface area (Å²) in [6.07, 6.45) is 1.08. The monoisotopic (exact) mass is 359 g/mol. The van der Waals surface area contributed by atoms with Crippen molar-refractivity contribution in [3.05, 3.63) is 30.3 Å². The van der Waals surface area contributed by atoms with E-state index in [0.29, 0.717) is 30.9 Å². The van der Waals surface area contributed by atoms with Crippen LogP contribution in [0.25, 0.3) is 0 Å². The van der Waals surface area contributed by atoms with Crippen LogP contribution >= 0.6 is 0 Å². The lowest BCUT2D eigenvalue weighted by atomic mass is 10.1. The van der Waals surface area contributed by atoms with Gasteiger partial charge in [0.2, 0.25) is 0 Å². The summed E-state index contributed by atoms with van der Waals surface area (Å²) in [6, 6.07) is 9.96. The van der Waals surface area contributed by atoms with Gasteiger partial charge in [0.1, 0.15) is 24.0 Å². The number of benzene rings is 1. The van der Waals surface area contributed by atoms with Crippen molar-refractivity contribution in [2.45, 2.75) is 44.6 Å². The van der Waals surface area contributed by atoms with Crippen LogP contribution in [0.3, 0.4) is 0 Å². The number of nitrogens with zero attached hydrogens (tertiary/aromatic N) is 4. The van der Waals surface area contributed by atoms with Crippen LogP contribution in [0.2, 0.25) is 0 Å². The lowest BCUT2D eigenvalue weighted by molar-refractivity contribution is 0.0611. The topological polar surface area (TPSA) is 83.3 Å². The van der Waals surface area contributed by atoms with Crippen LogP contribution in [0.5, 0.6) is 11.8 Å². The Labute approximate surface area is 152 Å². The van der Waals surface area contributed by atoms with E-state index in [1.807, 2.05) is 30.3 Å². The average molecular weight is 359 g/mol. The summed E-state index contributed by atoms with van der Waals surface area (Å²) in [5.74, 6) is 1.37. The number of hydrogen-bond donors (Lipinski definition) is 1. The van der Waals surface area contributed by atoms with Gasteiger partial charge in [0.25, 0.3) is 0 Å². The zero-order valence-corrected chi connectivity index (χ0v) is 15.1. The Morgan fingerprint density at radius 3 is 2.81 bits per heavy atom. The van der Waals surface area contributed by atoms with Crippen molar-refractivity contribution < 1.29 is 14.2 Å². The Hall–Kier alpha value is -2.03. The van der Waals surface area contributed by atoms with Crippen molar-refractivity contribution in [1.82, 2.24) is 25.5 Å². The fourth-order valence-corrected chi connectivity index (χ4v) is 3.48. The van der Waals surface area contributed by atoms with E-state index in [-0.39, 0.29) is 24.3 Å². The van der Waals surface area contributed by atoms with Gasteiger partial charge in [-0.1, -0.05) is 37.1 Å². The molecule has 8 heteroatoms. The average Bonchev–Trinajstić information content (AvgIpc) is 3.33. The number of nitrogens with one attached hydrogen (secondary N) is 1. The van der Waals surface area contributed by atoms with Crippen molar-refractivity contribution in [1.29, 1.82) is 0 Å². The first-order valence-corrected chi connectivity index (χ1v) is 9.19. The Morgan fingerprint density at radius 1 is 1.19 bits per heavy atom. The standard InChI is InChI=1S/C18H25N5O3/c1-12(2)8-9-19-14-10-24-17-15(11-25-16(14)17)23-18(20-21-22-23)26-13-6-4-3-5-7-13/h3-7,12,14-17,19H,8-11H2,1-2H3. The van der Waals surface area contributed by atoms with Crippen molar-refractivity contribution in [3.8, 4) is 11.8 Å². The van der Waals surface area contributed by atoms with Gasteiger partial charge in [-0.25, -0.2) is 0 Å². The number of aromatic nitrogens is 4. The minimum absolute atomic E-state index is 0.0148. The smallest absolute Gasteiger partial charge is 0.341 e. The summed E-state index contributed by atoms with van der Waals surface area (Å²) in [6.45, 7) is 6.57. The number of hydrogen-bond acceptors (Lipinski definition) is 7. The zero-order valence-electron chi connectivity index (χ0n) is 15.1. The number of ether oxygens (including phenoxy) is 3. The van der Waals surface area contributed by atoms with E-state index in [4.69, 9.17) is 14.2 Å². The van der Waals surface area contributed by atoms with Crippen LogP contribution in [-0.4, -0.2) is 58.2 Å². The molecule has 0 aliphatic carbocycles. The van der Waals surface area contributed by atoms with E-state index < -0.39 is 0 Å². The Balaban J connectivity index is 1.42. The minimum Gasteiger partial charge on any atom is -0.423 e. The number of para-hydroxylation sites is 1. The molecule has 3 heterocycles. The largest absolute Gasteiger partial charge is 0.423 e. The predicted octanol–water partition coefficient (Wildman–Crippen LogP) is 1.81. The maximum atomic E-state index is 6.03. The molecule has 0 bridgehead atoms. The first kappa shape index (κ1) is 17.4. The molecule has 2 aliphatic rings. The summed E-state index contributed by atoms with van der Waals surface area (Å²) in [5.41, 5.74) is 0. The van der Waals surface area contributed by atoms with Crippen molar-refractivity contribution in [3.63, 3.8) is 0 Å². The van der Waals surface area contributed by atoms with Crippen LogP contribution < -0.4 is 10.1 Å². The van der Waals surface area contributed by atoms with E-state index in [9.17, 15) is 0 Å². The summed E-state index contributed by atoms with van der Waals surface area (Å²) in [7, 11) is 0. The lowest BCUT2D eigenvalue weighted by Gasteiger charge is -2.18. The number of rotatable bonds is 7. The molecule has 2 fully saturated rings. The van der Waals surface area contributed by atoms with E-state index in [2.05, 4.69) is 34.7 Å². The fraction of sp³-hybridized carbons (Fsp3) is 0.611. The second-order valence-electron chi connectivity index (χ2n) is 7.23. The quantitative estimate of drug-likeness (QED) is 0.807. The van der Waals surface area contributed by atoms with Crippen LogP contribution in [0.1, 0.15) is 26.3 Å². The Bertz CT molecular complexity index is 708. The van der Waals surface area contributed by atoms with Gasteiger partial charge >= 0.3 is 6.01 Å². The van der Waals surface area contributed by atoms with Gasteiger partial charge in [0, 0.05) is 0 Å². The van der Waals surface area contributed by atoms with Crippen LogP contribution in [-0.2, 0) is 9.47 Å². The SMILES string of the molecule is CC(C)CCNC1COC2C1OCC2n1nnnc1Oc1ccccc1. The molecule has 1 N–H and O–H groups in total. The third-order valence-corrected chi connectivity index (χ3v) is 4.88. The molecule has 2 aliphatic heterocycles. The molecule has 2 aromatic rings. The maximum absolute atomic E-state index is 6.03.